The van der Waals surface area contributed by atoms with Crippen molar-refractivity contribution in [2.24, 2.45) is 0 Å². The maximum Gasteiger partial charge on any atom is 0.410 e. The van der Waals surface area contributed by atoms with E-state index in [1.807, 2.05) is 52.0 Å². The number of rotatable bonds is 9. The monoisotopic (exact) mass is 551 g/mol. The molecule has 0 bridgehead atoms. The van der Waals surface area contributed by atoms with Gasteiger partial charge in [-0.1, -0.05) is 31.2 Å². The minimum Gasteiger partial charge on any atom is -0.453 e. The normalized spacial score (nSPS) is 11.4. The Morgan fingerprint density at radius 1 is 1.10 bits per heavy atom. The number of amides is 1. The number of non-ortho nitro benzene ring substituents is 1. The molecule has 8 nitrogen and oxygen atoms in total. The van der Waals surface area contributed by atoms with Crippen LogP contribution in [0, 0.1) is 15.9 Å². The van der Waals surface area contributed by atoms with Gasteiger partial charge in [0.25, 0.3) is 5.69 Å². The van der Waals surface area contributed by atoms with Crippen molar-refractivity contribution in [2.75, 3.05) is 13.1 Å². The molecule has 10 heteroatoms. The van der Waals surface area contributed by atoms with Crippen LogP contribution in [0.15, 0.2) is 60.8 Å². The molecule has 2 aromatic heterocycles. The van der Waals surface area contributed by atoms with Crippen molar-refractivity contribution in [3.8, 4) is 21.9 Å². The lowest BCUT2D eigenvalue weighted by Crippen LogP contribution is -2.38. The van der Waals surface area contributed by atoms with Crippen LogP contribution in [0.3, 0.4) is 0 Å². The number of pyridine rings is 1. The van der Waals surface area contributed by atoms with E-state index in [1.54, 1.807) is 17.2 Å². The highest BCUT2D eigenvalue weighted by Crippen LogP contribution is 2.40. The Balaban J connectivity index is 1.54. The number of nitro groups is 1. The van der Waals surface area contributed by atoms with E-state index in [0.717, 1.165) is 33.2 Å². The summed E-state index contributed by atoms with van der Waals surface area (Å²) in [5.74, 6) is -0.512. The minimum absolute atomic E-state index is 0.105. The number of hydrogen-bond donors (Lipinski definition) is 0. The molecule has 0 radical (unpaired) electrons. The number of nitro benzene ring substituents is 1. The van der Waals surface area contributed by atoms with E-state index in [1.165, 1.54) is 23.5 Å². The van der Waals surface area contributed by atoms with Crippen molar-refractivity contribution < 1.29 is 23.6 Å². The fourth-order valence-corrected chi connectivity index (χ4v) is 5.04. The van der Waals surface area contributed by atoms with E-state index in [-0.39, 0.29) is 17.5 Å². The number of benzene rings is 2. The number of aromatic nitrogens is 1. The summed E-state index contributed by atoms with van der Waals surface area (Å²) in [6, 6.07) is 15.0. The summed E-state index contributed by atoms with van der Waals surface area (Å²) < 4.78 is 26.5. The predicted molar refractivity (Wildman–Crippen MR) is 150 cm³/mol. The van der Waals surface area contributed by atoms with Gasteiger partial charge in [-0.15, -0.1) is 11.3 Å². The van der Waals surface area contributed by atoms with Crippen molar-refractivity contribution in [1.82, 2.24) is 9.88 Å². The molecular weight excluding hydrogens is 521 g/mol. The molecule has 4 rings (SSSR count). The Morgan fingerprint density at radius 3 is 2.59 bits per heavy atom. The third-order valence-electron chi connectivity index (χ3n) is 5.75. The van der Waals surface area contributed by atoms with Gasteiger partial charge in [-0.3, -0.25) is 15.1 Å². The van der Waals surface area contributed by atoms with E-state index in [0.29, 0.717) is 30.8 Å². The standard InChI is InChI=1S/C29H30FN3O5S/c1-5-14-32(28(34)38-29(2,3)4)15-12-19-7-6-8-20(16-19)26-18-23-27(39-26)25(11-13-31-23)37-24-10-9-21(33(35)36)17-22(24)30/h6-11,13,16-18H,5,12,14-15H2,1-4H3. The highest BCUT2D eigenvalue weighted by Gasteiger charge is 2.21. The Labute approximate surface area is 230 Å². The molecule has 0 atom stereocenters. The first-order valence-corrected chi connectivity index (χ1v) is 13.4. The summed E-state index contributed by atoms with van der Waals surface area (Å²) in [6.45, 7) is 8.76. The Kier molecular flexibility index (Phi) is 8.44. The lowest BCUT2D eigenvalue weighted by Gasteiger charge is -2.27. The molecule has 0 saturated heterocycles. The topological polar surface area (TPSA) is 94.8 Å². The zero-order chi connectivity index (χ0) is 28.2. The highest BCUT2D eigenvalue weighted by atomic mass is 32.1. The lowest BCUT2D eigenvalue weighted by molar-refractivity contribution is -0.385. The largest absolute Gasteiger partial charge is 0.453 e. The molecule has 4 aromatic rings. The fraction of sp³-hybridized carbons (Fsp3) is 0.310. The SMILES string of the molecule is CCCN(CCc1cccc(-c2cc3nccc(Oc4ccc([N+](=O)[O-])cc4F)c3s2)c1)C(=O)OC(C)(C)C. The van der Waals surface area contributed by atoms with Crippen LogP contribution in [0.4, 0.5) is 14.9 Å². The van der Waals surface area contributed by atoms with E-state index < -0.39 is 16.3 Å². The average molecular weight is 552 g/mol. The third-order valence-corrected chi connectivity index (χ3v) is 6.94. The van der Waals surface area contributed by atoms with Gasteiger partial charge in [-0.25, -0.2) is 9.18 Å². The van der Waals surface area contributed by atoms with Crippen molar-refractivity contribution in [2.45, 2.75) is 46.1 Å². The Bertz CT molecular complexity index is 1500. The van der Waals surface area contributed by atoms with Gasteiger partial charge in [0.1, 0.15) is 11.4 Å². The van der Waals surface area contributed by atoms with Crippen molar-refractivity contribution in [1.29, 1.82) is 0 Å². The molecule has 0 saturated carbocycles. The second-order valence-corrected chi connectivity index (χ2v) is 11.1. The zero-order valence-corrected chi connectivity index (χ0v) is 23.1. The van der Waals surface area contributed by atoms with Gasteiger partial charge in [0.2, 0.25) is 0 Å². The maximum atomic E-state index is 14.4. The number of hydrogen-bond acceptors (Lipinski definition) is 7. The summed E-state index contributed by atoms with van der Waals surface area (Å²) in [7, 11) is 0. The molecule has 0 aliphatic rings. The molecule has 0 aliphatic heterocycles. The second kappa shape index (κ2) is 11.8. The van der Waals surface area contributed by atoms with Gasteiger partial charge in [0.05, 0.1) is 21.2 Å². The van der Waals surface area contributed by atoms with Crippen molar-refractivity contribution >= 4 is 33.3 Å². The number of nitrogens with zero attached hydrogens (tertiary/aromatic N) is 3. The molecule has 1 amide bonds. The second-order valence-electron chi connectivity index (χ2n) is 10.0. The first-order chi connectivity index (χ1) is 18.5. The summed E-state index contributed by atoms with van der Waals surface area (Å²) in [5.41, 5.74) is 1.86. The van der Waals surface area contributed by atoms with Gasteiger partial charge in [-0.2, -0.15) is 0 Å². The van der Waals surface area contributed by atoms with Crippen LogP contribution in [0.5, 0.6) is 11.5 Å². The van der Waals surface area contributed by atoms with Gasteiger partial charge in [0.15, 0.2) is 11.6 Å². The van der Waals surface area contributed by atoms with Crippen molar-refractivity contribution in [3.63, 3.8) is 0 Å². The van der Waals surface area contributed by atoms with Crippen LogP contribution in [-0.4, -0.2) is 39.6 Å². The van der Waals surface area contributed by atoms with Gasteiger partial charge in [-0.05, 0) is 56.9 Å². The molecular formula is C29H30FN3O5S. The lowest BCUT2D eigenvalue weighted by atomic mass is 10.1. The van der Waals surface area contributed by atoms with Gasteiger partial charge < -0.3 is 14.4 Å². The summed E-state index contributed by atoms with van der Waals surface area (Å²) in [6.07, 6.45) is 2.77. The number of ether oxygens (including phenoxy) is 2. The predicted octanol–water partition coefficient (Wildman–Crippen LogP) is 7.99. The van der Waals surface area contributed by atoms with E-state index >= 15 is 0 Å². The van der Waals surface area contributed by atoms with Gasteiger partial charge >= 0.3 is 6.09 Å². The molecule has 0 fully saturated rings. The number of halogens is 1. The number of thiophene rings is 1. The first-order valence-electron chi connectivity index (χ1n) is 12.6. The molecule has 2 aromatic carbocycles. The molecule has 39 heavy (non-hydrogen) atoms. The zero-order valence-electron chi connectivity index (χ0n) is 22.3. The summed E-state index contributed by atoms with van der Waals surface area (Å²) >= 11 is 1.46. The van der Waals surface area contributed by atoms with Crippen LogP contribution in [0.2, 0.25) is 0 Å². The van der Waals surface area contributed by atoms with Gasteiger partial charge in [0, 0.05) is 36.3 Å². The van der Waals surface area contributed by atoms with Crippen LogP contribution in [0.1, 0.15) is 39.7 Å². The smallest absolute Gasteiger partial charge is 0.410 e. The third kappa shape index (κ3) is 7.08. The molecule has 2 heterocycles. The minimum atomic E-state index is -0.817. The number of carbonyl (C=O) groups excluding carboxylic acids is 1. The molecule has 0 unspecified atom stereocenters. The van der Waals surface area contributed by atoms with E-state index in [9.17, 15) is 19.3 Å². The summed E-state index contributed by atoms with van der Waals surface area (Å²) in [5, 5.41) is 10.9. The highest BCUT2D eigenvalue weighted by molar-refractivity contribution is 7.22. The van der Waals surface area contributed by atoms with Crippen LogP contribution < -0.4 is 4.74 Å². The molecule has 0 N–H and O–H groups in total. The maximum absolute atomic E-state index is 14.4. The van der Waals surface area contributed by atoms with Crippen LogP contribution in [0.25, 0.3) is 20.7 Å². The molecule has 204 valence electrons. The van der Waals surface area contributed by atoms with E-state index in [4.69, 9.17) is 9.47 Å². The van der Waals surface area contributed by atoms with E-state index in [2.05, 4.69) is 11.1 Å². The average Bonchev–Trinajstić information content (AvgIpc) is 3.32. The molecule has 0 aliphatic carbocycles. The molecule has 0 spiro atoms. The van der Waals surface area contributed by atoms with Crippen molar-refractivity contribution in [3.05, 3.63) is 82.3 Å². The van der Waals surface area contributed by atoms with Crippen LogP contribution in [-0.2, 0) is 11.2 Å². The Hall–Kier alpha value is -4.05. The quantitative estimate of drug-likeness (QED) is 0.155. The summed E-state index contributed by atoms with van der Waals surface area (Å²) in [4.78, 5) is 30.0. The van der Waals surface area contributed by atoms with Crippen LogP contribution >= 0.6 is 11.3 Å². The first kappa shape index (κ1) is 28.0. The fourth-order valence-electron chi connectivity index (χ4n) is 3.98. The Morgan fingerprint density at radius 2 is 1.90 bits per heavy atom. The number of carbonyl (C=O) groups is 1. The number of fused-ring (bicyclic) bond motifs is 1.